The third-order valence-electron chi connectivity index (χ3n) is 2.18. The molecule has 0 aromatic heterocycles. The summed E-state index contributed by atoms with van der Waals surface area (Å²) < 4.78 is 18.3. The van der Waals surface area contributed by atoms with E-state index in [0.717, 1.165) is 0 Å². The van der Waals surface area contributed by atoms with E-state index in [1.807, 2.05) is 0 Å². The maximum Gasteiger partial charge on any atom is 0.255 e. The van der Waals surface area contributed by atoms with Gasteiger partial charge in [-0.25, -0.2) is 4.39 Å². The Bertz CT molecular complexity index is 468. The van der Waals surface area contributed by atoms with Crippen LogP contribution in [-0.4, -0.2) is 31.6 Å². The SMILES string of the molecule is COCC(NC(=O)c1cccc(Cl)c1F)C(N)=O. The van der Waals surface area contributed by atoms with Crippen LogP contribution in [0.4, 0.5) is 4.39 Å². The lowest BCUT2D eigenvalue weighted by Crippen LogP contribution is -2.47. The van der Waals surface area contributed by atoms with Gasteiger partial charge in [0.25, 0.3) is 5.91 Å². The Balaban J connectivity index is 2.87. The van der Waals surface area contributed by atoms with Crippen LogP contribution in [0, 0.1) is 5.82 Å². The second-order valence-electron chi connectivity index (χ2n) is 3.49. The van der Waals surface area contributed by atoms with E-state index in [0.29, 0.717) is 0 Å². The molecule has 3 N–H and O–H groups in total. The number of nitrogens with two attached hydrogens (primary N) is 1. The van der Waals surface area contributed by atoms with E-state index in [1.165, 1.54) is 25.3 Å². The van der Waals surface area contributed by atoms with E-state index in [2.05, 4.69) is 5.32 Å². The normalized spacial score (nSPS) is 11.9. The molecule has 0 saturated carbocycles. The van der Waals surface area contributed by atoms with E-state index in [1.54, 1.807) is 0 Å². The number of nitrogens with one attached hydrogen (secondary N) is 1. The first kappa shape index (κ1) is 14.4. The van der Waals surface area contributed by atoms with E-state index in [9.17, 15) is 14.0 Å². The molecule has 98 valence electrons. The lowest BCUT2D eigenvalue weighted by atomic mass is 10.2. The summed E-state index contributed by atoms with van der Waals surface area (Å²) in [6, 6.07) is 2.96. The van der Waals surface area contributed by atoms with Crippen molar-refractivity contribution in [2.24, 2.45) is 5.73 Å². The first-order valence-electron chi connectivity index (χ1n) is 5.00. The molecule has 0 aliphatic heterocycles. The number of primary amides is 1. The third-order valence-corrected chi connectivity index (χ3v) is 2.47. The zero-order valence-corrected chi connectivity index (χ0v) is 10.3. The Hall–Kier alpha value is -1.66. The fourth-order valence-electron chi connectivity index (χ4n) is 1.28. The van der Waals surface area contributed by atoms with Gasteiger partial charge in [0.15, 0.2) is 5.82 Å². The molecule has 0 saturated heterocycles. The topological polar surface area (TPSA) is 81.4 Å². The predicted molar refractivity (Wildman–Crippen MR) is 63.7 cm³/mol. The minimum absolute atomic E-state index is 0.0940. The van der Waals surface area contributed by atoms with Crippen LogP contribution in [0.5, 0.6) is 0 Å². The van der Waals surface area contributed by atoms with E-state index in [4.69, 9.17) is 22.1 Å². The number of carbonyl (C=O) groups excluding carboxylic acids is 2. The summed E-state index contributed by atoms with van der Waals surface area (Å²) in [4.78, 5) is 22.8. The average Bonchev–Trinajstić information content (AvgIpc) is 2.31. The number of amides is 2. The van der Waals surface area contributed by atoms with E-state index >= 15 is 0 Å². The zero-order valence-electron chi connectivity index (χ0n) is 9.57. The van der Waals surface area contributed by atoms with Gasteiger partial charge < -0.3 is 15.8 Å². The van der Waals surface area contributed by atoms with Gasteiger partial charge in [-0.2, -0.15) is 0 Å². The van der Waals surface area contributed by atoms with Crippen LogP contribution in [0.2, 0.25) is 5.02 Å². The zero-order chi connectivity index (χ0) is 13.7. The van der Waals surface area contributed by atoms with Crippen LogP contribution in [0.1, 0.15) is 10.4 Å². The Morgan fingerprint density at radius 1 is 1.56 bits per heavy atom. The minimum Gasteiger partial charge on any atom is -0.382 e. The molecule has 0 aliphatic carbocycles. The summed E-state index contributed by atoms with van der Waals surface area (Å²) in [5.41, 5.74) is 4.80. The number of halogens is 2. The van der Waals surface area contributed by atoms with Crippen molar-refractivity contribution in [1.82, 2.24) is 5.32 Å². The van der Waals surface area contributed by atoms with Crippen molar-refractivity contribution in [3.05, 3.63) is 34.6 Å². The standard InChI is InChI=1S/C11H12ClFN2O3/c1-18-5-8(10(14)16)15-11(17)6-3-2-4-7(12)9(6)13/h2-4,8H,5H2,1H3,(H2,14,16)(H,15,17). The van der Waals surface area contributed by atoms with Crippen molar-refractivity contribution < 1.29 is 18.7 Å². The number of methoxy groups -OCH3 is 1. The van der Waals surface area contributed by atoms with Crippen molar-refractivity contribution in [2.45, 2.75) is 6.04 Å². The fraction of sp³-hybridized carbons (Fsp3) is 0.273. The molecule has 5 nitrogen and oxygen atoms in total. The monoisotopic (exact) mass is 274 g/mol. The second-order valence-corrected chi connectivity index (χ2v) is 3.89. The number of benzene rings is 1. The Labute approximate surface area is 108 Å². The molecule has 1 aromatic rings. The van der Waals surface area contributed by atoms with Gasteiger partial charge >= 0.3 is 0 Å². The van der Waals surface area contributed by atoms with Crippen molar-refractivity contribution in [3.8, 4) is 0 Å². The maximum absolute atomic E-state index is 13.5. The van der Waals surface area contributed by atoms with E-state index in [-0.39, 0.29) is 17.2 Å². The van der Waals surface area contributed by atoms with Crippen molar-refractivity contribution in [2.75, 3.05) is 13.7 Å². The molecule has 0 bridgehead atoms. The Morgan fingerprint density at radius 2 is 2.22 bits per heavy atom. The summed E-state index contributed by atoms with van der Waals surface area (Å²) in [6.45, 7) is -0.0940. The largest absolute Gasteiger partial charge is 0.382 e. The number of hydrogen-bond acceptors (Lipinski definition) is 3. The molecule has 2 amide bonds. The average molecular weight is 275 g/mol. The molecule has 18 heavy (non-hydrogen) atoms. The molecule has 0 aliphatic rings. The summed E-state index contributed by atoms with van der Waals surface area (Å²) in [5, 5.41) is 2.09. The van der Waals surface area contributed by atoms with Crippen LogP contribution >= 0.6 is 11.6 Å². The van der Waals surface area contributed by atoms with E-state index < -0.39 is 23.7 Å². The van der Waals surface area contributed by atoms with Gasteiger partial charge in [0, 0.05) is 7.11 Å². The van der Waals surface area contributed by atoms with Gasteiger partial charge in [-0.3, -0.25) is 9.59 Å². The number of rotatable bonds is 5. The number of carbonyl (C=O) groups is 2. The molecule has 7 heteroatoms. The van der Waals surface area contributed by atoms with Crippen molar-refractivity contribution in [1.29, 1.82) is 0 Å². The molecule has 1 atom stereocenters. The lowest BCUT2D eigenvalue weighted by molar-refractivity contribution is -0.121. The van der Waals surface area contributed by atoms with Gasteiger partial charge in [0.05, 0.1) is 17.2 Å². The summed E-state index contributed by atoms with van der Waals surface area (Å²) >= 11 is 5.55. The molecule has 0 radical (unpaired) electrons. The molecule has 1 rings (SSSR count). The third kappa shape index (κ3) is 3.41. The first-order chi connectivity index (χ1) is 8.47. The maximum atomic E-state index is 13.5. The Kier molecular flexibility index (Phi) is 5.06. The smallest absolute Gasteiger partial charge is 0.255 e. The van der Waals surface area contributed by atoms with Gasteiger partial charge in [0.2, 0.25) is 5.91 Å². The highest BCUT2D eigenvalue weighted by Crippen LogP contribution is 2.17. The Morgan fingerprint density at radius 3 is 2.78 bits per heavy atom. The number of hydrogen-bond donors (Lipinski definition) is 2. The van der Waals surface area contributed by atoms with Crippen LogP contribution in [0.3, 0.4) is 0 Å². The number of ether oxygens (including phenoxy) is 1. The molecular formula is C11H12ClFN2O3. The quantitative estimate of drug-likeness (QED) is 0.830. The second kappa shape index (κ2) is 6.32. The molecule has 1 aromatic carbocycles. The highest BCUT2D eigenvalue weighted by atomic mass is 35.5. The predicted octanol–water partition coefficient (Wildman–Crippen LogP) is 0.709. The summed E-state index contributed by atoms with van der Waals surface area (Å²) in [6.07, 6.45) is 0. The molecule has 0 heterocycles. The van der Waals surface area contributed by atoms with Crippen LogP contribution in [0.25, 0.3) is 0 Å². The highest BCUT2D eigenvalue weighted by Gasteiger charge is 2.21. The molecule has 0 fully saturated rings. The molecule has 1 unspecified atom stereocenters. The molecule has 0 spiro atoms. The van der Waals surface area contributed by atoms with Crippen LogP contribution < -0.4 is 11.1 Å². The van der Waals surface area contributed by atoms with Crippen LogP contribution in [-0.2, 0) is 9.53 Å². The van der Waals surface area contributed by atoms with Gasteiger partial charge in [-0.1, -0.05) is 17.7 Å². The summed E-state index contributed by atoms with van der Waals surface area (Å²) in [5.74, 6) is -2.40. The summed E-state index contributed by atoms with van der Waals surface area (Å²) in [7, 11) is 1.35. The van der Waals surface area contributed by atoms with Gasteiger partial charge in [-0.05, 0) is 12.1 Å². The minimum atomic E-state index is -1.03. The highest BCUT2D eigenvalue weighted by molar-refractivity contribution is 6.31. The van der Waals surface area contributed by atoms with Crippen LogP contribution in [0.15, 0.2) is 18.2 Å². The lowest BCUT2D eigenvalue weighted by Gasteiger charge is -2.14. The van der Waals surface area contributed by atoms with Crippen molar-refractivity contribution >= 4 is 23.4 Å². The molecular weight excluding hydrogens is 263 g/mol. The van der Waals surface area contributed by atoms with Gasteiger partial charge in [-0.15, -0.1) is 0 Å². The van der Waals surface area contributed by atoms with Crippen molar-refractivity contribution in [3.63, 3.8) is 0 Å². The fourth-order valence-corrected chi connectivity index (χ4v) is 1.45. The van der Waals surface area contributed by atoms with Gasteiger partial charge in [0.1, 0.15) is 6.04 Å². The first-order valence-corrected chi connectivity index (χ1v) is 5.38.